The number of carbonyl (C=O) groups excluding carboxylic acids is 1. The van der Waals surface area contributed by atoms with Crippen LogP contribution in [0.3, 0.4) is 0 Å². The molecule has 0 radical (unpaired) electrons. The van der Waals surface area contributed by atoms with Crippen LogP contribution in [-0.4, -0.2) is 38.2 Å². The predicted molar refractivity (Wildman–Crippen MR) is 82.3 cm³/mol. The summed E-state index contributed by atoms with van der Waals surface area (Å²) >= 11 is 6.00. The van der Waals surface area contributed by atoms with E-state index in [1.165, 1.54) is 0 Å². The SMILES string of the molecule is CC1C[C@]12C(=O)N(C)c1cnc(Cl)nc1N2c1cnn(C)c1. The van der Waals surface area contributed by atoms with Crippen molar-refractivity contribution in [3.63, 3.8) is 0 Å². The van der Waals surface area contributed by atoms with Gasteiger partial charge in [-0.2, -0.15) is 10.1 Å². The first-order chi connectivity index (χ1) is 10.4. The van der Waals surface area contributed by atoms with Crippen LogP contribution in [0.25, 0.3) is 0 Å². The number of carbonyl (C=O) groups is 1. The van der Waals surface area contributed by atoms with Gasteiger partial charge in [-0.1, -0.05) is 6.92 Å². The third-order valence-corrected chi connectivity index (χ3v) is 4.77. The molecule has 1 spiro atoms. The lowest BCUT2D eigenvalue weighted by molar-refractivity contribution is -0.121. The average Bonchev–Trinajstić information content (AvgIpc) is 2.93. The first-order valence-corrected chi connectivity index (χ1v) is 7.42. The van der Waals surface area contributed by atoms with E-state index < -0.39 is 5.54 Å². The van der Waals surface area contributed by atoms with Crippen LogP contribution in [0.15, 0.2) is 18.6 Å². The van der Waals surface area contributed by atoms with Gasteiger partial charge >= 0.3 is 0 Å². The summed E-state index contributed by atoms with van der Waals surface area (Å²) in [5.74, 6) is 0.950. The van der Waals surface area contributed by atoms with Crippen LogP contribution in [0.2, 0.25) is 5.28 Å². The van der Waals surface area contributed by atoms with Crippen LogP contribution in [-0.2, 0) is 11.8 Å². The van der Waals surface area contributed by atoms with E-state index in [0.717, 1.165) is 12.1 Å². The monoisotopic (exact) mass is 318 g/mol. The van der Waals surface area contributed by atoms with Crippen LogP contribution in [0, 0.1) is 5.92 Å². The molecular weight excluding hydrogens is 304 g/mol. The molecule has 0 saturated heterocycles. The lowest BCUT2D eigenvalue weighted by Gasteiger charge is -2.40. The molecule has 1 amide bonds. The molecule has 2 aromatic rings. The second-order valence-corrected chi connectivity index (χ2v) is 6.29. The molecule has 1 saturated carbocycles. The van der Waals surface area contributed by atoms with E-state index in [0.29, 0.717) is 11.5 Å². The Morgan fingerprint density at radius 2 is 2.09 bits per heavy atom. The first-order valence-electron chi connectivity index (χ1n) is 7.04. The second-order valence-electron chi connectivity index (χ2n) is 5.95. The molecule has 1 aliphatic carbocycles. The quantitative estimate of drug-likeness (QED) is 0.749. The number of likely N-dealkylation sites (N-methyl/N-ethyl adjacent to an activating group) is 1. The number of amides is 1. The highest BCUT2D eigenvalue weighted by Gasteiger charge is 2.66. The molecule has 7 nitrogen and oxygen atoms in total. The highest BCUT2D eigenvalue weighted by Crippen LogP contribution is 2.57. The highest BCUT2D eigenvalue weighted by atomic mass is 35.5. The number of anilines is 3. The van der Waals surface area contributed by atoms with Crippen molar-refractivity contribution in [1.82, 2.24) is 19.7 Å². The van der Waals surface area contributed by atoms with E-state index in [4.69, 9.17) is 11.6 Å². The van der Waals surface area contributed by atoms with E-state index in [1.54, 1.807) is 29.0 Å². The van der Waals surface area contributed by atoms with Gasteiger partial charge in [0, 0.05) is 20.3 Å². The molecule has 2 aliphatic rings. The first kappa shape index (κ1) is 13.5. The molecule has 0 bridgehead atoms. The number of aryl methyl sites for hydroxylation is 1. The summed E-state index contributed by atoms with van der Waals surface area (Å²) in [6, 6.07) is 0. The Hall–Kier alpha value is -2.15. The molecule has 1 unspecified atom stereocenters. The molecule has 22 heavy (non-hydrogen) atoms. The number of fused-ring (bicyclic) bond motifs is 1. The zero-order valence-electron chi connectivity index (χ0n) is 12.5. The van der Waals surface area contributed by atoms with Gasteiger partial charge in [0.25, 0.3) is 5.91 Å². The smallest absolute Gasteiger partial charge is 0.253 e. The number of halogens is 1. The molecule has 0 N–H and O–H groups in total. The molecule has 3 heterocycles. The number of hydrogen-bond donors (Lipinski definition) is 0. The minimum Gasteiger partial charge on any atom is -0.309 e. The predicted octanol–water partition coefficient (Wildman–Crippen LogP) is 1.76. The van der Waals surface area contributed by atoms with Crippen molar-refractivity contribution < 1.29 is 4.79 Å². The molecule has 4 rings (SSSR count). The maximum Gasteiger partial charge on any atom is 0.253 e. The van der Waals surface area contributed by atoms with Crippen LogP contribution in [0.5, 0.6) is 0 Å². The molecule has 8 heteroatoms. The standard InChI is InChI=1S/C14H15ClN6O/c1-8-4-14(8)12(22)20(3)10-6-16-13(15)18-11(10)21(14)9-5-17-19(2)7-9/h5-8H,4H2,1-3H3/t8?,14-/m1/s1. The summed E-state index contributed by atoms with van der Waals surface area (Å²) in [6.45, 7) is 2.07. The third-order valence-electron chi connectivity index (χ3n) is 4.59. The highest BCUT2D eigenvalue weighted by molar-refractivity contribution is 6.28. The summed E-state index contributed by atoms with van der Waals surface area (Å²) in [4.78, 5) is 24.9. The normalized spacial score (nSPS) is 26.5. The van der Waals surface area contributed by atoms with Crippen LogP contribution >= 0.6 is 11.6 Å². The van der Waals surface area contributed by atoms with Crippen molar-refractivity contribution in [2.75, 3.05) is 16.8 Å². The second kappa shape index (κ2) is 4.19. The van der Waals surface area contributed by atoms with Crippen LogP contribution in [0.1, 0.15) is 13.3 Å². The van der Waals surface area contributed by atoms with Gasteiger partial charge in [-0.05, 0) is 23.9 Å². The van der Waals surface area contributed by atoms with Crippen molar-refractivity contribution in [3.8, 4) is 0 Å². The molecule has 2 atom stereocenters. The maximum atomic E-state index is 12.9. The van der Waals surface area contributed by atoms with E-state index in [1.807, 2.05) is 18.1 Å². The topological polar surface area (TPSA) is 67.2 Å². The van der Waals surface area contributed by atoms with Gasteiger partial charge in [0.05, 0.1) is 18.1 Å². The molecular formula is C14H15ClN6O. The lowest BCUT2D eigenvalue weighted by atomic mass is 10.1. The molecule has 1 fully saturated rings. The van der Waals surface area contributed by atoms with Crippen LogP contribution in [0.4, 0.5) is 17.2 Å². The summed E-state index contributed by atoms with van der Waals surface area (Å²) in [6.07, 6.45) is 5.99. The fourth-order valence-corrected chi connectivity index (χ4v) is 3.45. The summed E-state index contributed by atoms with van der Waals surface area (Å²) in [7, 11) is 3.60. The Morgan fingerprint density at radius 3 is 2.68 bits per heavy atom. The van der Waals surface area contributed by atoms with E-state index in [9.17, 15) is 4.79 Å². The van der Waals surface area contributed by atoms with Gasteiger partial charge in [0.1, 0.15) is 11.2 Å². The van der Waals surface area contributed by atoms with Gasteiger partial charge in [-0.3, -0.25) is 9.48 Å². The van der Waals surface area contributed by atoms with Gasteiger partial charge in [0.2, 0.25) is 5.28 Å². The van der Waals surface area contributed by atoms with E-state index in [-0.39, 0.29) is 17.1 Å². The Balaban J connectivity index is 1.98. The molecule has 0 aromatic carbocycles. The van der Waals surface area contributed by atoms with Crippen LogP contribution < -0.4 is 9.80 Å². The number of aromatic nitrogens is 4. The number of nitrogens with zero attached hydrogens (tertiary/aromatic N) is 6. The van der Waals surface area contributed by atoms with Gasteiger partial charge in [0.15, 0.2) is 5.82 Å². The number of hydrogen-bond acceptors (Lipinski definition) is 5. The lowest BCUT2D eigenvalue weighted by Crippen LogP contribution is -2.54. The molecule has 114 valence electrons. The van der Waals surface area contributed by atoms with Crippen molar-refractivity contribution in [2.24, 2.45) is 13.0 Å². The average molecular weight is 319 g/mol. The fourth-order valence-electron chi connectivity index (χ4n) is 3.33. The summed E-state index contributed by atoms with van der Waals surface area (Å²) in [5.41, 5.74) is 0.898. The van der Waals surface area contributed by atoms with Crippen molar-refractivity contribution in [3.05, 3.63) is 23.9 Å². The van der Waals surface area contributed by atoms with E-state index in [2.05, 4.69) is 22.0 Å². The summed E-state index contributed by atoms with van der Waals surface area (Å²) < 4.78 is 1.71. The van der Waals surface area contributed by atoms with E-state index >= 15 is 0 Å². The molecule has 1 aliphatic heterocycles. The Bertz CT molecular complexity index is 789. The van der Waals surface area contributed by atoms with Crippen molar-refractivity contribution in [1.29, 1.82) is 0 Å². The third kappa shape index (κ3) is 1.57. The zero-order chi connectivity index (χ0) is 15.6. The maximum absolute atomic E-state index is 12.9. The van der Waals surface area contributed by atoms with Gasteiger partial charge in [-0.25, -0.2) is 4.98 Å². The van der Waals surface area contributed by atoms with Crippen molar-refractivity contribution in [2.45, 2.75) is 18.9 Å². The Kier molecular flexibility index (Phi) is 2.57. The fraction of sp³-hybridized carbons (Fsp3) is 0.429. The Morgan fingerprint density at radius 1 is 1.36 bits per heavy atom. The number of rotatable bonds is 1. The molecule has 2 aromatic heterocycles. The summed E-state index contributed by atoms with van der Waals surface area (Å²) in [5, 5.41) is 4.39. The minimum atomic E-state index is -0.595. The van der Waals surface area contributed by atoms with Gasteiger partial charge < -0.3 is 9.80 Å². The van der Waals surface area contributed by atoms with Gasteiger partial charge in [-0.15, -0.1) is 0 Å². The Labute approximate surface area is 132 Å². The minimum absolute atomic E-state index is 0.0577. The zero-order valence-corrected chi connectivity index (χ0v) is 13.2. The largest absolute Gasteiger partial charge is 0.309 e. The van der Waals surface area contributed by atoms with Crippen molar-refractivity contribution >= 4 is 34.7 Å².